The topological polar surface area (TPSA) is 58.2 Å². The molecule has 2 rings (SSSR count). The van der Waals surface area contributed by atoms with Crippen LogP contribution in [0.1, 0.15) is 43.9 Å². The third-order valence-corrected chi connectivity index (χ3v) is 4.09. The molecule has 2 unspecified atom stereocenters. The number of hydrogen-bond donors (Lipinski definition) is 2. The molecule has 2 N–H and O–H groups in total. The Kier molecular flexibility index (Phi) is 7.20. The van der Waals surface area contributed by atoms with Gasteiger partial charge >= 0.3 is 0 Å². The van der Waals surface area contributed by atoms with Crippen LogP contribution in [0.5, 0.6) is 0 Å². The van der Waals surface area contributed by atoms with E-state index in [2.05, 4.69) is 22.8 Å². The lowest BCUT2D eigenvalue weighted by Gasteiger charge is -2.20. The van der Waals surface area contributed by atoms with E-state index in [4.69, 9.17) is 0 Å². The first-order valence-electron chi connectivity index (χ1n) is 8.70. The molecule has 0 aliphatic carbocycles. The molecule has 0 radical (unpaired) electrons. The lowest BCUT2D eigenvalue weighted by atomic mass is 10.0. The number of benzene rings is 2. The van der Waals surface area contributed by atoms with Crippen molar-refractivity contribution < 1.29 is 9.59 Å². The van der Waals surface area contributed by atoms with Crippen LogP contribution in [0.4, 0.5) is 0 Å². The lowest BCUT2D eigenvalue weighted by Crippen LogP contribution is -2.37. The molecule has 0 aliphatic rings. The van der Waals surface area contributed by atoms with Crippen LogP contribution in [-0.2, 0) is 16.0 Å². The SMILES string of the molecule is CC(=O)NC(CC(=O)NC(C)CCc1ccccc1)c1ccccc1. The fourth-order valence-corrected chi connectivity index (χ4v) is 2.80. The van der Waals surface area contributed by atoms with Crippen LogP contribution in [0.3, 0.4) is 0 Å². The predicted molar refractivity (Wildman–Crippen MR) is 100.0 cm³/mol. The van der Waals surface area contributed by atoms with E-state index in [0.29, 0.717) is 0 Å². The van der Waals surface area contributed by atoms with Gasteiger partial charge in [0, 0.05) is 13.0 Å². The maximum atomic E-state index is 12.4. The molecule has 0 saturated heterocycles. The van der Waals surface area contributed by atoms with Crippen molar-refractivity contribution in [3.05, 3.63) is 71.8 Å². The monoisotopic (exact) mass is 338 g/mol. The number of nitrogens with one attached hydrogen (secondary N) is 2. The maximum absolute atomic E-state index is 12.4. The molecule has 2 aromatic carbocycles. The van der Waals surface area contributed by atoms with Gasteiger partial charge in [0.1, 0.15) is 0 Å². The van der Waals surface area contributed by atoms with Crippen LogP contribution >= 0.6 is 0 Å². The number of amides is 2. The van der Waals surface area contributed by atoms with Crippen molar-refractivity contribution in [2.45, 2.75) is 45.2 Å². The molecule has 0 heterocycles. The first kappa shape index (κ1) is 18.7. The summed E-state index contributed by atoms with van der Waals surface area (Å²) in [7, 11) is 0. The molecule has 0 spiro atoms. The Labute approximate surface area is 149 Å². The minimum Gasteiger partial charge on any atom is -0.354 e. The second-order valence-corrected chi connectivity index (χ2v) is 6.36. The molecule has 4 nitrogen and oxygen atoms in total. The average Bonchev–Trinajstić information content (AvgIpc) is 2.60. The molecule has 0 aliphatic heterocycles. The van der Waals surface area contributed by atoms with Crippen LogP contribution in [0.15, 0.2) is 60.7 Å². The third kappa shape index (κ3) is 6.79. The molecule has 0 fully saturated rings. The van der Waals surface area contributed by atoms with Gasteiger partial charge < -0.3 is 10.6 Å². The minimum atomic E-state index is -0.306. The van der Waals surface area contributed by atoms with Crippen molar-refractivity contribution in [1.82, 2.24) is 10.6 Å². The molecule has 2 aromatic rings. The molecular formula is C21H26N2O2. The van der Waals surface area contributed by atoms with Gasteiger partial charge in [0.2, 0.25) is 11.8 Å². The molecule has 0 saturated carbocycles. The minimum absolute atomic E-state index is 0.0526. The van der Waals surface area contributed by atoms with Gasteiger partial charge in [-0.1, -0.05) is 60.7 Å². The van der Waals surface area contributed by atoms with E-state index in [-0.39, 0.29) is 30.3 Å². The van der Waals surface area contributed by atoms with Crippen molar-refractivity contribution in [2.75, 3.05) is 0 Å². The largest absolute Gasteiger partial charge is 0.354 e. The number of carbonyl (C=O) groups excluding carboxylic acids is 2. The summed E-state index contributed by atoms with van der Waals surface area (Å²) in [6.45, 7) is 3.48. The standard InChI is InChI=1S/C21H26N2O2/c1-16(13-14-18-9-5-3-6-10-18)22-21(25)15-20(23-17(2)24)19-11-7-4-8-12-19/h3-12,16,20H,13-15H2,1-2H3,(H,22,25)(H,23,24). The Bertz CT molecular complexity index is 671. The summed E-state index contributed by atoms with van der Waals surface area (Å²) in [6.07, 6.45) is 2.04. The third-order valence-electron chi connectivity index (χ3n) is 4.09. The van der Waals surface area contributed by atoms with Crippen molar-refractivity contribution in [3.8, 4) is 0 Å². The van der Waals surface area contributed by atoms with Crippen molar-refractivity contribution in [1.29, 1.82) is 0 Å². The zero-order valence-corrected chi connectivity index (χ0v) is 14.9. The number of hydrogen-bond acceptors (Lipinski definition) is 2. The van der Waals surface area contributed by atoms with Gasteiger partial charge in [-0.3, -0.25) is 9.59 Å². The summed E-state index contributed by atoms with van der Waals surface area (Å²) in [6, 6.07) is 19.6. The van der Waals surface area contributed by atoms with Gasteiger partial charge in [-0.05, 0) is 30.9 Å². The molecule has 0 aromatic heterocycles. The Morgan fingerprint density at radius 1 is 0.920 bits per heavy atom. The van der Waals surface area contributed by atoms with Gasteiger partial charge in [-0.15, -0.1) is 0 Å². The highest BCUT2D eigenvalue weighted by Crippen LogP contribution is 2.16. The zero-order valence-electron chi connectivity index (χ0n) is 14.9. The summed E-state index contributed by atoms with van der Waals surface area (Å²) in [4.78, 5) is 23.8. The Morgan fingerprint density at radius 2 is 1.52 bits per heavy atom. The highest BCUT2D eigenvalue weighted by Gasteiger charge is 2.18. The van der Waals surface area contributed by atoms with Crippen LogP contribution in [0, 0.1) is 0 Å². The first-order chi connectivity index (χ1) is 12.0. The van der Waals surface area contributed by atoms with E-state index in [1.54, 1.807) is 0 Å². The predicted octanol–water partition coefficient (Wildman–Crippen LogP) is 3.39. The van der Waals surface area contributed by atoms with Crippen LogP contribution in [0.25, 0.3) is 0 Å². The number of aryl methyl sites for hydroxylation is 1. The summed E-state index contributed by atoms with van der Waals surface area (Å²) in [5.74, 6) is -0.193. The van der Waals surface area contributed by atoms with Gasteiger partial charge in [0.15, 0.2) is 0 Å². The maximum Gasteiger partial charge on any atom is 0.222 e. The van der Waals surface area contributed by atoms with E-state index < -0.39 is 0 Å². The van der Waals surface area contributed by atoms with E-state index >= 15 is 0 Å². The fourth-order valence-electron chi connectivity index (χ4n) is 2.80. The number of rotatable bonds is 8. The van der Waals surface area contributed by atoms with Crippen molar-refractivity contribution >= 4 is 11.8 Å². The van der Waals surface area contributed by atoms with Crippen LogP contribution in [0.2, 0.25) is 0 Å². The first-order valence-corrected chi connectivity index (χ1v) is 8.70. The smallest absolute Gasteiger partial charge is 0.222 e. The summed E-state index contributed by atoms with van der Waals surface area (Å²) >= 11 is 0. The van der Waals surface area contributed by atoms with E-state index in [0.717, 1.165) is 18.4 Å². The van der Waals surface area contributed by atoms with E-state index in [1.165, 1.54) is 12.5 Å². The summed E-state index contributed by atoms with van der Waals surface area (Å²) in [5, 5.41) is 5.89. The van der Waals surface area contributed by atoms with E-state index in [9.17, 15) is 9.59 Å². The number of carbonyl (C=O) groups is 2. The molecule has 4 heteroatoms. The average molecular weight is 338 g/mol. The quantitative estimate of drug-likeness (QED) is 0.775. The van der Waals surface area contributed by atoms with Gasteiger partial charge in [-0.2, -0.15) is 0 Å². The fraction of sp³-hybridized carbons (Fsp3) is 0.333. The summed E-state index contributed by atoms with van der Waals surface area (Å²) in [5.41, 5.74) is 2.20. The highest BCUT2D eigenvalue weighted by atomic mass is 16.2. The molecule has 25 heavy (non-hydrogen) atoms. The Morgan fingerprint density at radius 3 is 2.12 bits per heavy atom. The van der Waals surface area contributed by atoms with Crippen LogP contribution in [-0.4, -0.2) is 17.9 Å². The Hall–Kier alpha value is -2.62. The summed E-state index contributed by atoms with van der Waals surface area (Å²) < 4.78 is 0. The second-order valence-electron chi connectivity index (χ2n) is 6.36. The molecule has 2 atom stereocenters. The molecule has 2 amide bonds. The molecular weight excluding hydrogens is 312 g/mol. The highest BCUT2D eigenvalue weighted by molar-refractivity contribution is 5.79. The van der Waals surface area contributed by atoms with Gasteiger partial charge in [0.25, 0.3) is 0 Å². The van der Waals surface area contributed by atoms with Gasteiger partial charge in [-0.25, -0.2) is 0 Å². The van der Waals surface area contributed by atoms with Crippen molar-refractivity contribution in [3.63, 3.8) is 0 Å². The van der Waals surface area contributed by atoms with Crippen LogP contribution < -0.4 is 10.6 Å². The molecule has 0 bridgehead atoms. The second kappa shape index (κ2) is 9.62. The lowest BCUT2D eigenvalue weighted by molar-refractivity contribution is -0.123. The van der Waals surface area contributed by atoms with E-state index in [1.807, 2.05) is 55.5 Å². The Balaban J connectivity index is 1.86. The normalized spacial score (nSPS) is 12.9. The molecule has 132 valence electrons. The van der Waals surface area contributed by atoms with Crippen molar-refractivity contribution in [2.24, 2.45) is 0 Å². The van der Waals surface area contributed by atoms with Gasteiger partial charge in [0.05, 0.1) is 12.5 Å². The zero-order chi connectivity index (χ0) is 18.1.